The van der Waals surface area contributed by atoms with Crippen molar-refractivity contribution in [2.75, 3.05) is 11.5 Å². The standard InChI is InChI=1S/C12H14N2S2/c1-8-2-3-11-10(6-8)13-12(15)14(11)9-4-5-16-7-9/h2-3,6,9H,4-5,7H2,1H3,(H,13,15). The maximum Gasteiger partial charge on any atom is 0.178 e. The Morgan fingerprint density at radius 3 is 3.12 bits per heavy atom. The molecule has 0 aliphatic carbocycles. The highest BCUT2D eigenvalue weighted by atomic mass is 32.2. The molecule has 0 radical (unpaired) electrons. The van der Waals surface area contributed by atoms with E-state index in [4.69, 9.17) is 12.2 Å². The SMILES string of the molecule is Cc1ccc2c(c1)[nH]c(=S)n2C1CCSC1. The third kappa shape index (κ3) is 1.60. The van der Waals surface area contributed by atoms with Crippen molar-refractivity contribution in [3.63, 3.8) is 0 Å². The summed E-state index contributed by atoms with van der Waals surface area (Å²) in [7, 11) is 0. The summed E-state index contributed by atoms with van der Waals surface area (Å²) in [5, 5.41) is 0. The Labute approximate surface area is 104 Å². The summed E-state index contributed by atoms with van der Waals surface area (Å²) in [5.41, 5.74) is 3.70. The third-order valence-corrected chi connectivity index (χ3v) is 4.59. The molecule has 0 saturated carbocycles. The summed E-state index contributed by atoms with van der Waals surface area (Å²) in [6.45, 7) is 2.11. The Kier molecular flexibility index (Phi) is 2.56. The van der Waals surface area contributed by atoms with Crippen molar-refractivity contribution in [1.29, 1.82) is 0 Å². The molecule has 16 heavy (non-hydrogen) atoms. The Morgan fingerprint density at radius 1 is 1.50 bits per heavy atom. The van der Waals surface area contributed by atoms with Gasteiger partial charge in [-0.1, -0.05) is 6.07 Å². The van der Waals surface area contributed by atoms with Gasteiger partial charge in [-0.2, -0.15) is 11.8 Å². The molecule has 1 atom stereocenters. The van der Waals surface area contributed by atoms with E-state index in [9.17, 15) is 0 Å². The second-order valence-electron chi connectivity index (χ2n) is 4.34. The van der Waals surface area contributed by atoms with E-state index in [2.05, 4.69) is 34.7 Å². The second kappa shape index (κ2) is 3.93. The van der Waals surface area contributed by atoms with Crippen LogP contribution in [0, 0.1) is 11.7 Å². The molecule has 4 heteroatoms. The molecule has 2 nitrogen and oxygen atoms in total. The van der Waals surface area contributed by atoms with Crippen molar-refractivity contribution in [3.05, 3.63) is 28.5 Å². The van der Waals surface area contributed by atoms with Gasteiger partial charge in [0.1, 0.15) is 0 Å². The van der Waals surface area contributed by atoms with Crippen LogP contribution in [0.15, 0.2) is 18.2 Å². The monoisotopic (exact) mass is 250 g/mol. The highest BCUT2D eigenvalue weighted by Gasteiger charge is 2.20. The van der Waals surface area contributed by atoms with Gasteiger partial charge in [0.2, 0.25) is 0 Å². The first kappa shape index (κ1) is 10.4. The van der Waals surface area contributed by atoms with Crippen LogP contribution in [0.25, 0.3) is 11.0 Å². The number of H-pyrrole nitrogens is 1. The summed E-state index contributed by atoms with van der Waals surface area (Å²) in [6, 6.07) is 7.08. The molecular weight excluding hydrogens is 236 g/mol. The number of aromatic amines is 1. The number of hydrogen-bond donors (Lipinski definition) is 1. The number of fused-ring (bicyclic) bond motifs is 1. The maximum absolute atomic E-state index is 5.43. The quantitative estimate of drug-likeness (QED) is 0.779. The predicted molar refractivity (Wildman–Crippen MR) is 72.8 cm³/mol. The van der Waals surface area contributed by atoms with Gasteiger partial charge in [-0.05, 0) is 49.0 Å². The molecule has 1 aromatic heterocycles. The molecule has 2 aromatic rings. The molecule has 1 aliphatic heterocycles. The van der Waals surface area contributed by atoms with Crippen molar-refractivity contribution in [1.82, 2.24) is 9.55 Å². The molecule has 1 fully saturated rings. The number of aryl methyl sites for hydroxylation is 1. The summed E-state index contributed by atoms with van der Waals surface area (Å²) in [5.74, 6) is 2.44. The first-order valence-corrected chi connectivity index (χ1v) is 7.10. The van der Waals surface area contributed by atoms with E-state index in [0.717, 1.165) is 4.77 Å². The van der Waals surface area contributed by atoms with E-state index in [1.54, 1.807) is 0 Å². The Hall–Kier alpha value is -0.740. The van der Waals surface area contributed by atoms with Crippen LogP contribution in [0.1, 0.15) is 18.0 Å². The predicted octanol–water partition coefficient (Wildman–Crippen LogP) is 3.69. The van der Waals surface area contributed by atoms with Crippen molar-refractivity contribution in [2.45, 2.75) is 19.4 Å². The van der Waals surface area contributed by atoms with Gasteiger partial charge in [0.25, 0.3) is 0 Å². The van der Waals surface area contributed by atoms with Crippen molar-refractivity contribution in [2.24, 2.45) is 0 Å². The smallest absolute Gasteiger partial charge is 0.178 e. The van der Waals surface area contributed by atoms with Crippen LogP contribution >= 0.6 is 24.0 Å². The fourth-order valence-corrected chi connectivity index (χ4v) is 3.88. The highest BCUT2D eigenvalue weighted by Crippen LogP contribution is 2.31. The molecule has 1 saturated heterocycles. The molecule has 0 bridgehead atoms. The molecule has 0 spiro atoms. The van der Waals surface area contributed by atoms with Crippen LogP contribution in [0.2, 0.25) is 0 Å². The molecule has 84 valence electrons. The largest absolute Gasteiger partial charge is 0.331 e. The summed E-state index contributed by atoms with van der Waals surface area (Å²) < 4.78 is 3.16. The van der Waals surface area contributed by atoms with E-state index >= 15 is 0 Å². The lowest BCUT2D eigenvalue weighted by Gasteiger charge is -2.11. The zero-order chi connectivity index (χ0) is 11.1. The van der Waals surface area contributed by atoms with Crippen LogP contribution in [-0.2, 0) is 0 Å². The number of rotatable bonds is 1. The van der Waals surface area contributed by atoms with Gasteiger partial charge in [0.05, 0.1) is 11.0 Å². The lowest BCUT2D eigenvalue weighted by molar-refractivity contribution is 0.569. The Balaban J connectivity index is 2.23. The van der Waals surface area contributed by atoms with Crippen LogP contribution in [0.3, 0.4) is 0 Å². The molecule has 0 amide bonds. The number of aromatic nitrogens is 2. The van der Waals surface area contributed by atoms with Gasteiger partial charge in [-0.15, -0.1) is 0 Å². The molecule has 2 heterocycles. The minimum Gasteiger partial charge on any atom is -0.331 e. The molecule has 1 N–H and O–H groups in total. The van der Waals surface area contributed by atoms with Gasteiger partial charge in [-0.3, -0.25) is 0 Å². The summed E-state index contributed by atoms with van der Waals surface area (Å²) in [6.07, 6.45) is 1.24. The number of thioether (sulfide) groups is 1. The van der Waals surface area contributed by atoms with Gasteiger partial charge in [0, 0.05) is 11.8 Å². The van der Waals surface area contributed by atoms with E-state index < -0.39 is 0 Å². The number of nitrogens with one attached hydrogen (secondary N) is 1. The summed E-state index contributed by atoms with van der Waals surface area (Å²) >= 11 is 7.45. The van der Waals surface area contributed by atoms with Crippen LogP contribution in [-0.4, -0.2) is 21.1 Å². The van der Waals surface area contributed by atoms with E-state index in [1.165, 1.54) is 34.5 Å². The zero-order valence-corrected chi connectivity index (χ0v) is 10.8. The van der Waals surface area contributed by atoms with Crippen molar-refractivity contribution in [3.8, 4) is 0 Å². The lowest BCUT2D eigenvalue weighted by Crippen LogP contribution is -2.07. The minimum absolute atomic E-state index is 0.578. The molecule has 1 aromatic carbocycles. The third-order valence-electron chi connectivity index (χ3n) is 3.14. The van der Waals surface area contributed by atoms with E-state index in [-0.39, 0.29) is 0 Å². The normalized spacial score (nSPS) is 20.7. The van der Waals surface area contributed by atoms with Gasteiger partial charge < -0.3 is 9.55 Å². The summed E-state index contributed by atoms with van der Waals surface area (Å²) in [4.78, 5) is 3.31. The van der Waals surface area contributed by atoms with Gasteiger partial charge in [-0.25, -0.2) is 0 Å². The van der Waals surface area contributed by atoms with Crippen LogP contribution in [0.4, 0.5) is 0 Å². The van der Waals surface area contributed by atoms with Gasteiger partial charge >= 0.3 is 0 Å². The molecule has 3 rings (SSSR count). The molecule has 1 unspecified atom stereocenters. The molecule has 1 aliphatic rings. The van der Waals surface area contributed by atoms with E-state index in [0.29, 0.717) is 6.04 Å². The fraction of sp³-hybridized carbons (Fsp3) is 0.417. The molecular formula is C12H14N2S2. The second-order valence-corrected chi connectivity index (χ2v) is 5.87. The Bertz CT molecular complexity index is 576. The van der Waals surface area contributed by atoms with Crippen LogP contribution in [0.5, 0.6) is 0 Å². The van der Waals surface area contributed by atoms with Gasteiger partial charge in [0.15, 0.2) is 4.77 Å². The first-order chi connectivity index (χ1) is 7.75. The lowest BCUT2D eigenvalue weighted by atomic mass is 10.2. The van der Waals surface area contributed by atoms with Crippen LogP contribution < -0.4 is 0 Å². The number of nitrogens with zero attached hydrogens (tertiary/aromatic N) is 1. The zero-order valence-electron chi connectivity index (χ0n) is 9.19. The number of hydrogen-bond acceptors (Lipinski definition) is 2. The topological polar surface area (TPSA) is 20.7 Å². The highest BCUT2D eigenvalue weighted by molar-refractivity contribution is 7.99. The minimum atomic E-state index is 0.578. The first-order valence-electron chi connectivity index (χ1n) is 5.54. The number of benzene rings is 1. The number of imidazole rings is 1. The Morgan fingerprint density at radius 2 is 2.38 bits per heavy atom. The maximum atomic E-state index is 5.43. The average molecular weight is 250 g/mol. The average Bonchev–Trinajstić information content (AvgIpc) is 2.83. The van der Waals surface area contributed by atoms with Crippen molar-refractivity contribution < 1.29 is 0 Å². The fourth-order valence-electron chi connectivity index (χ4n) is 2.33. The van der Waals surface area contributed by atoms with E-state index in [1.807, 2.05) is 11.8 Å². The van der Waals surface area contributed by atoms with Crippen molar-refractivity contribution >= 4 is 35.0 Å².